The van der Waals surface area contributed by atoms with Crippen LogP contribution in [0.25, 0.3) is 16.7 Å². The third-order valence-electron chi connectivity index (χ3n) is 6.01. The van der Waals surface area contributed by atoms with E-state index in [9.17, 15) is 19.1 Å². The lowest BCUT2D eigenvalue weighted by Gasteiger charge is -2.25. The number of aryl methyl sites for hydroxylation is 1. The molecule has 0 spiro atoms. The monoisotopic (exact) mass is 440 g/mol. The van der Waals surface area contributed by atoms with Crippen molar-refractivity contribution in [2.45, 2.75) is 19.5 Å². The van der Waals surface area contributed by atoms with E-state index in [-0.39, 0.29) is 23.7 Å². The number of aliphatic hydroxyl groups excluding tert-OH is 1. The molecule has 164 valence electrons. The van der Waals surface area contributed by atoms with Gasteiger partial charge in [0.15, 0.2) is 0 Å². The number of fused-ring (bicyclic) bond motifs is 1. The molecule has 0 radical (unpaired) electrons. The van der Waals surface area contributed by atoms with E-state index in [1.54, 1.807) is 18.3 Å². The van der Waals surface area contributed by atoms with Gasteiger partial charge >= 0.3 is 0 Å². The number of Topliss-reactive ketones (excluding diaryl/α,β-unsaturated/α-hetero) is 1. The Morgan fingerprint density at radius 2 is 1.79 bits per heavy atom. The fraction of sp³-hybridized carbons (Fsp3) is 0.111. The summed E-state index contributed by atoms with van der Waals surface area (Å²) >= 11 is 0. The molecular formula is C27H21FN2O3. The van der Waals surface area contributed by atoms with Gasteiger partial charge in [-0.05, 0) is 36.2 Å². The first-order valence-corrected chi connectivity index (χ1v) is 10.6. The molecule has 2 heterocycles. The lowest BCUT2D eigenvalue weighted by atomic mass is 9.94. The van der Waals surface area contributed by atoms with E-state index >= 15 is 0 Å². The summed E-state index contributed by atoms with van der Waals surface area (Å²) in [6, 6.07) is 20.0. The van der Waals surface area contributed by atoms with Gasteiger partial charge in [-0.25, -0.2) is 4.39 Å². The number of ketones is 1. The van der Waals surface area contributed by atoms with Crippen molar-refractivity contribution in [3.8, 4) is 0 Å². The Bertz CT molecular complexity index is 1420. The van der Waals surface area contributed by atoms with E-state index in [4.69, 9.17) is 0 Å². The third-order valence-corrected chi connectivity index (χ3v) is 6.01. The molecule has 0 saturated carbocycles. The van der Waals surface area contributed by atoms with Crippen molar-refractivity contribution in [2.75, 3.05) is 0 Å². The van der Waals surface area contributed by atoms with Crippen molar-refractivity contribution in [3.63, 3.8) is 0 Å². The van der Waals surface area contributed by atoms with Gasteiger partial charge in [-0.3, -0.25) is 9.59 Å². The van der Waals surface area contributed by atoms with Crippen LogP contribution in [-0.2, 0) is 16.1 Å². The maximum Gasteiger partial charge on any atom is 0.295 e. The first-order chi connectivity index (χ1) is 15.9. The van der Waals surface area contributed by atoms with Gasteiger partial charge in [-0.15, -0.1) is 0 Å². The molecule has 0 bridgehead atoms. The Labute approximate surface area is 189 Å². The van der Waals surface area contributed by atoms with Crippen LogP contribution in [0, 0.1) is 12.7 Å². The number of H-pyrrole nitrogens is 1. The number of likely N-dealkylation sites (tertiary alicyclic amines) is 1. The van der Waals surface area contributed by atoms with Gasteiger partial charge in [0.25, 0.3) is 11.7 Å². The zero-order valence-corrected chi connectivity index (χ0v) is 17.9. The highest BCUT2D eigenvalue weighted by atomic mass is 19.1. The predicted molar refractivity (Wildman–Crippen MR) is 124 cm³/mol. The average Bonchev–Trinajstić information content (AvgIpc) is 3.35. The zero-order chi connectivity index (χ0) is 23.1. The Balaban J connectivity index is 1.68. The smallest absolute Gasteiger partial charge is 0.295 e. The SMILES string of the molecule is Cc1cccc(C2/C(=C(/O)c3c[nH]c4ccccc34)C(=O)C(=O)N2Cc2ccc(F)cc2)c1. The molecule has 1 aliphatic heterocycles. The molecule has 1 fully saturated rings. The number of carbonyl (C=O) groups is 2. The average molecular weight is 440 g/mol. The molecule has 1 atom stereocenters. The van der Waals surface area contributed by atoms with Crippen LogP contribution >= 0.6 is 0 Å². The molecule has 1 aliphatic rings. The van der Waals surface area contributed by atoms with E-state index in [0.29, 0.717) is 11.1 Å². The highest BCUT2D eigenvalue weighted by Gasteiger charge is 2.46. The lowest BCUT2D eigenvalue weighted by molar-refractivity contribution is -0.140. The topological polar surface area (TPSA) is 73.4 Å². The minimum atomic E-state index is -0.774. The number of nitrogens with zero attached hydrogens (tertiary/aromatic N) is 1. The molecule has 1 unspecified atom stereocenters. The molecular weight excluding hydrogens is 419 g/mol. The lowest BCUT2D eigenvalue weighted by Crippen LogP contribution is -2.29. The van der Waals surface area contributed by atoms with Crippen LogP contribution in [0.2, 0.25) is 0 Å². The second-order valence-electron chi connectivity index (χ2n) is 8.22. The highest BCUT2D eigenvalue weighted by molar-refractivity contribution is 6.46. The Kier molecular flexibility index (Phi) is 5.05. The van der Waals surface area contributed by atoms with Gasteiger partial charge in [0.05, 0.1) is 11.6 Å². The standard InChI is InChI=1S/C27H21FN2O3/c1-16-5-4-6-18(13-16)24-23(25(31)21-14-29-22-8-3-2-7-20(21)22)26(32)27(33)30(24)15-17-9-11-19(28)12-10-17/h2-14,24,29,31H,15H2,1H3/b25-23-. The number of benzene rings is 3. The fourth-order valence-electron chi connectivity index (χ4n) is 4.43. The normalized spacial score (nSPS) is 17.8. The van der Waals surface area contributed by atoms with E-state index < -0.39 is 17.7 Å². The molecule has 2 N–H and O–H groups in total. The van der Waals surface area contributed by atoms with Crippen molar-refractivity contribution >= 4 is 28.4 Å². The van der Waals surface area contributed by atoms with Crippen LogP contribution in [0.15, 0.2) is 84.6 Å². The first-order valence-electron chi connectivity index (χ1n) is 10.6. The fourth-order valence-corrected chi connectivity index (χ4v) is 4.43. The van der Waals surface area contributed by atoms with Gasteiger partial charge in [0, 0.05) is 29.2 Å². The minimum Gasteiger partial charge on any atom is -0.507 e. The van der Waals surface area contributed by atoms with Gasteiger partial charge < -0.3 is 15.0 Å². The number of para-hydroxylation sites is 1. The molecule has 4 aromatic rings. The maximum atomic E-state index is 13.4. The number of amides is 1. The number of carbonyl (C=O) groups excluding carboxylic acids is 2. The Morgan fingerprint density at radius 3 is 2.55 bits per heavy atom. The summed E-state index contributed by atoms with van der Waals surface area (Å²) < 4.78 is 13.4. The zero-order valence-electron chi connectivity index (χ0n) is 17.9. The van der Waals surface area contributed by atoms with Gasteiger partial charge in [0.1, 0.15) is 11.6 Å². The van der Waals surface area contributed by atoms with Gasteiger partial charge in [0.2, 0.25) is 0 Å². The molecule has 6 heteroatoms. The molecule has 3 aromatic carbocycles. The van der Waals surface area contributed by atoms with Crippen molar-refractivity contribution in [1.82, 2.24) is 9.88 Å². The van der Waals surface area contributed by atoms with Crippen molar-refractivity contribution < 1.29 is 19.1 Å². The Morgan fingerprint density at radius 1 is 1.03 bits per heavy atom. The van der Waals surface area contributed by atoms with Gasteiger partial charge in [-0.2, -0.15) is 0 Å². The van der Waals surface area contributed by atoms with Crippen molar-refractivity contribution in [1.29, 1.82) is 0 Å². The summed E-state index contributed by atoms with van der Waals surface area (Å²) in [5.74, 6) is -2.05. The summed E-state index contributed by atoms with van der Waals surface area (Å²) in [5, 5.41) is 12.1. The summed E-state index contributed by atoms with van der Waals surface area (Å²) in [6.07, 6.45) is 1.64. The summed E-state index contributed by atoms with van der Waals surface area (Å²) in [7, 11) is 0. The van der Waals surface area contributed by atoms with E-state index in [1.807, 2.05) is 55.5 Å². The molecule has 1 saturated heterocycles. The largest absolute Gasteiger partial charge is 0.507 e. The summed E-state index contributed by atoms with van der Waals surface area (Å²) in [4.78, 5) is 30.9. The van der Waals surface area contributed by atoms with E-state index in [1.165, 1.54) is 17.0 Å². The number of aliphatic hydroxyl groups is 1. The van der Waals surface area contributed by atoms with Gasteiger partial charge in [-0.1, -0.05) is 60.2 Å². The predicted octanol–water partition coefficient (Wildman–Crippen LogP) is 5.24. The van der Waals surface area contributed by atoms with Crippen LogP contribution in [0.1, 0.15) is 28.3 Å². The molecule has 1 aromatic heterocycles. The highest BCUT2D eigenvalue weighted by Crippen LogP contribution is 2.41. The summed E-state index contributed by atoms with van der Waals surface area (Å²) in [5.41, 5.74) is 3.68. The van der Waals surface area contributed by atoms with E-state index in [0.717, 1.165) is 22.0 Å². The number of aromatic nitrogens is 1. The molecule has 5 rings (SSSR count). The number of rotatable bonds is 4. The number of hydrogen-bond donors (Lipinski definition) is 2. The number of aromatic amines is 1. The van der Waals surface area contributed by atoms with Crippen LogP contribution in [0.5, 0.6) is 0 Å². The first kappa shape index (κ1) is 20.7. The number of nitrogens with one attached hydrogen (secondary N) is 1. The van der Waals surface area contributed by atoms with Crippen LogP contribution in [0.4, 0.5) is 4.39 Å². The minimum absolute atomic E-state index is 0.0393. The number of halogens is 1. The van der Waals surface area contributed by atoms with E-state index in [2.05, 4.69) is 4.98 Å². The van der Waals surface area contributed by atoms with Crippen LogP contribution < -0.4 is 0 Å². The molecule has 1 amide bonds. The number of hydrogen-bond acceptors (Lipinski definition) is 3. The second kappa shape index (κ2) is 8.06. The molecule has 5 nitrogen and oxygen atoms in total. The Hall–Kier alpha value is -4.19. The van der Waals surface area contributed by atoms with Crippen LogP contribution in [0.3, 0.4) is 0 Å². The summed E-state index contributed by atoms with van der Waals surface area (Å²) in [6.45, 7) is 2.03. The second-order valence-corrected chi connectivity index (χ2v) is 8.22. The quantitative estimate of drug-likeness (QED) is 0.259. The molecule has 0 aliphatic carbocycles. The maximum absolute atomic E-state index is 13.4. The van der Waals surface area contributed by atoms with Crippen molar-refractivity contribution in [3.05, 3.63) is 113 Å². The third kappa shape index (κ3) is 3.59. The van der Waals surface area contributed by atoms with Crippen molar-refractivity contribution in [2.24, 2.45) is 0 Å². The molecule has 33 heavy (non-hydrogen) atoms. The van der Waals surface area contributed by atoms with Crippen LogP contribution in [-0.4, -0.2) is 26.7 Å².